The van der Waals surface area contributed by atoms with Crippen molar-refractivity contribution in [2.45, 2.75) is 46.6 Å². The van der Waals surface area contributed by atoms with Crippen LogP contribution in [0.25, 0.3) is 0 Å². The Morgan fingerprint density at radius 3 is 1.65 bits per heavy atom. The van der Waals surface area contributed by atoms with Crippen LogP contribution >= 0.6 is 0 Å². The van der Waals surface area contributed by atoms with E-state index in [0.717, 1.165) is 0 Å². The molecule has 0 spiro atoms. The molecule has 0 radical (unpaired) electrons. The Morgan fingerprint density at radius 1 is 0.900 bits per heavy atom. The van der Waals surface area contributed by atoms with E-state index in [-0.39, 0.29) is 13.2 Å². The maximum atomic E-state index is 12.5. The topological polar surface area (TPSA) is 78.9 Å². The first kappa shape index (κ1) is 18.6. The highest BCUT2D eigenvalue weighted by atomic mass is 16.6. The lowest BCUT2D eigenvalue weighted by atomic mass is 9.87. The van der Waals surface area contributed by atoms with Gasteiger partial charge in [-0.2, -0.15) is 0 Å². The molecule has 0 aliphatic rings. The summed E-state index contributed by atoms with van der Waals surface area (Å²) in [5.74, 6) is -4.00. The number of ether oxygens (including phenoxy) is 3. The van der Waals surface area contributed by atoms with E-state index < -0.39 is 29.2 Å². The van der Waals surface area contributed by atoms with Crippen molar-refractivity contribution in [3.8, 4) is 0 Å². The van der Waals surface area contributed by atoms with Crippen molar-refractivity contribution in [2.24, 2.45) is 5.92 Å². The summed E-state index contributed by atoms with van der Waals surface area (Å²) < 4.78 is 15.0. The molecule has 0 aromatic heterocycles. The van der Waals surface area contributed by atoms with E-state index in [1.54, 1.807) is 34.6 Å². The van der Waals surface area contributed by atoms with Crippen LogP contribution in [0.5, 0.6) is 0 Å². The van der Waals surface area contributed by atoms with Crippen LogP contribution in [0, 0.1) is 5.92 Å². The molecule has 0 bridgehead atoms. The average Bonchev–Trinajstić information content (AvgIpc) is 2.39. The van der Waals surface area contributed by atoms with Gasteiger partial charge in [0.05, 0.1) is 13.2 Å². The lowest BCUT2D eigenvalue weighted by Gasteiger charge is -2.29. The summed E-state index contributed by atoms with van der Waals surface area (Å²) in [6.45, 7) is 8.72. The standard InChI is InChI=1S/C14H24O6/c1-6-14(5,20-9-4)11(15)10(12(16)18-7-2)13(17)19-8-3/h10H,6-9H2,1-5H3. The molecule has 20 heavy (non-hydrogen) atoms. The summed E-state index contributed by atoms with van der Waals surface area (Å²) in [6, 6.07) is 0. The highest BCUT2D eigenvalue weighted by molar-refractivity contribution is 6.17. The Kier molecular flexibility index (Phi) is 8.06. The fourth-order valence-corrected chi connectivity index (χ4v) is 1.73. The highest BCUT2D eigenvalue weighted by Gasteiger charge is 2.46. The van der Waals surface area contributed by atoms with E-state index in [2.05, 4.69) is 0 Å². The first-order chi connectivity index (χ1) is 9.37. The summed E-state index contributed by atoms with van der Waals surface area (Å²) in [7, 11) is 0. The Labute approximate surface area is 119 Å². The van der Waals surface area contributed by atoms with Crippen LogP contribution in [0.3, 0.4) is 0 Å². The minimum absolute atomic E-state index is 0.0828. The van der Waals surface area contributed by atoms with Gasteiger partial charge in [-0.05, 0) is 34.1 Å². The molecule has 0 aliphatic carbocycles. The third-order valence-electron chi connectivity index (χ3n) is 2.97. The number of ketones is 1. The molecule has 0 heterocycles. The van der Waals surface area contributed by atoms with Crippen molar-refractivity contribution < 1.29 is 28.6 Å². The summed E-state index contributed by atoms with van der Waals surface area (Å²) in [5, 5.41) is 0. The van der Waals surface area contributed by atoms with Gasteiger partial charge in [-0.1, -0.05) is 6.92 Å². The van der Waals surface area contributed by atoms with E-state index in [1.165, 1.54) is 0 Å². The molecule has 116 valence electrons. The molecule has 0 amide bonds. The Balaban J connectivity index is 5.34. The molecule has 0 saturated heterocycles. The summed E-state index contributed by atoms with van der Waals surface area (Å²) in [5.41, 5.74) is -1.21. The third-order valence-corrected chi connectivity index (χ3v) is 2.97. The van der Waals surface area contributed by atoms with Crippen LogP contribution in [0.4, 0.5) is 0 Å². The summed E-state index contributed by atoms with van der Waals surface area (Å²) in [6.07, 6.45) is 0.342. The van der Waals surface area contributed by atoms with Crippen LogP contribution in [0.15, 0.2) is 0 Å². The first-order valence-corrected chi connectivity index (χ1v) is 6.89. The second-order valence-electron chi connectivity index (χ2n) is 4.32. The highest BCUT2D eigenvalue weighted by Crippen LogP contribution is 2.23. The van der Waals surface area contributed by atoms with Gasteiger partial charge in [-0.3, -0.25) is 14.4 Å². The van der Waals surface area contributed by atoms with Crippen molar-refractivity contribution in [3.05, 3.63) is 0 Å². The number of esters is 2. The third kappa shape index (κ3) is 4.59. The van der Waals surface area contributed by atoms with Gasteiger partial charge < -0.3 is 14.2 Å². The molecule has 0 saturated carbocycles. The number of carbonyl (C=O) groups excluding carboxylic acids is 3. The summed E-state index contributed by atoms with van der Waals surface area (Å²) in [4.78, 5) is 36.2. The fourth-order valence-electron chi connectivity index (χ4n) is 1.73. The molecule has 0 aliphatic heterocycles. The van der Waals surface area contributed by atoms with Crippen LogP contribution in [0.2, 0.25) is 0 Å². The van der Waals surface area contributed by atoms with Crippen molar-refractivity contribution in [1.29, 1.82) is 0 Å². The molecule has 6 nitrogen and oxygen atoms in total. The van der Waals surface area contributed by atoms with Gasteiger partial charge in [0.2, 0.25) is 5.92 Å². The normalized spacial score (nSPS) is 13.7. The van der Waals surface area contributed by atoms with Gasteiger partial charge in [0.15, 0.2) is 5.78 Å². The Hall–Kier alpha value is -1.43. The first-order valence-electron chi connectivity index (χ1n) is 6.89. The molecule has 0 fully saturated rings. The molecule has 0 aromatic rings. The molecule has 1 atom stereocenters. The van der Waals surface area contributed by atoms with E-state index in [4.69, 9.17) is 14.2 Å². The van der Waals surface area contributed by atoms with Crippen molar-refractivity contribution >= 4 is 17.7 Å². The van der Waals surface area contributed by atoms with Gasteiger partial charge in [0.1, 0.15) is 5.60 Å². The van der Waals surface area contributed by atoms with Crippen molar-refractivity contribution in [2.75, 3.05) is 19.8 Å². The maximum Gasteiger partial charge on any atom is 0.328 e. The summed E-state index contributed by atoms with van der Waals surface area (Å²) >= 11 is 0. The van der Waals surface area contributed by atoms with Crippen molar-refractivity contribution in [3.63, 3.8) is 0 Å². The lowest BCUT2D eigenvalue weighted by molar-refractivity contribution is -0.170. The zero-order valence-corrected chi connectivity index (χ0v) is 12.9. The number of carbonyl (C=O) groups is 3. The molecular weight excluding hydrogens is 264 g/mol. The molecule has 6 heteroatoms. The van der Waals surface area contributed by atoms with Crippen LogP contribution in [-0.2, 0) is 28.6 Å². The van der Waals surface area contributed by atoms with Gasteiger partial charge in [-0.15, -0.1) is 0 Å². The van der Waals surface area contributed by atoms with Crippen LogP contribution < -0.4 is 0 Å². The zero-order valence-electron chi connectivity index (χ0n) is 12.9. The SMILES string of the molecule is CCOC(=O)C(C(=O)OCC)C(=O)C(C)(CC)OCC. The van der Waals surface area contributed by atoms with Gasteiger partial charge in [0, 0.05) is 6.61 Å². The fraction of sp³-hybridized carbons (Fsp3) is 0.786. The molecule has 0 aromatic carbocycles. The molecular formula is C14H24O6. The van der Waals surface area contributed by atoms with E-state index in [1.807, 2.05) is 0 Å². The molecule has 0 rings (SSSR count). The Bertz CT molecular complexity index is 334. The van der Waals surface area contributed by atoms with Gasteiger partial charge in [0.25, 0.3) is 0 Å². The quantitative estimate of drug-likeness (QED) is 0.472. The zero-order chi connectivity index (χ0) is 15.8. The number of rotatable bonds is 9. The van der Waals surface area contributed by atoms with E-state index >= 15 is 0 Å². The second-order valence-corrected chi connectivity index (χ2v) is 4.32. The number of hydrogen-bond acceptors (Lipinski definition) is 6. The smallest absolute Gasteiger partial charge is 0.328 e. The van der Waals surface area contributed by atoms with E-state index in [9.17, 15) is 14.4 Å². The predicted octanol–water partition coefficient (Wildman–Crippen LogP) is 1.50. The monoisotopic (exact) mass is 288 g/mol. The van der Waals surface area contributed by atoms with Crippen molar-refractivity contribution in [1.82, 2.24) is 0 Å². The minimum atomic E-state index is -1.59. The average molecular weight is 288 g/mol. The van der Waals surface area contributed by atoms with Gasteiger partial charge in [-0.25, -0.2) is 0 Å². The predicted molar refractivity (Wildman–Crippen MR) is 72.1 cm³/mol. The molecule has 1 unspecified atom stereocenters. The number of hydrogen-bond donors (Lipinski definition) is 0. The second kappa shape index (κ2) is 8.68. The minimum Gasteiger partial charge on any atom is -0.465 e. The maximum absolute atomic E-state index is 12.5. The van der Waals surface area contributed by atoms with Gasteiger partial charge >= 0.3 is 11.9 Å². The van der Waals surface area contributed by atoms with Crippen LogP contribution in [-0.4, -0.2) is 43.1 Å². The van der Waals surface area contributed by atoms with E-state index in [0.29, 0.717) is 13.0 Å². The lowest BCUT2D eigenvalue weighted by Crippen LogP contribution is -2.48. The largest absolute Gasteiger partial charge is 0.465 e. The van der Waals surface area contributed by atoms with Crippen LogP contribution in [0.1, 0.15) is 41.0 Å². The number of Topliss-reactive ketones (excluding diaryl/α,β-unsaturated/α-hetero) is 1. The molecule has 0 N–H and O–H groups in total. The Morgan fingerprint density at radius 2 is 1.35 bits per heavy atom.